The van der Waals surface area contributed by atoms with Crippen LogP contribution in [0, 0.1) is 5.92 Å². The van der Waals surface area contributed by atoms with Crippen LogP contribution in [0.5, 0.6) is 0 Å². The quantitative estimate of drug-likeness (QED) is 0.924. The van der Waals surface area contributed by atoms with Crippen molar-refractivity contribution in [2.45, 2.75) is 19.4 Å². The summed E-state index contributed by atoms with van der Waals surface area (Å²) in [4.78, 5) is 26.9. The van der Waals surface area contributed by atoms with E-state index in [0.29, 0.717) is 6.54 Å². The number of carbonyl (C=O) groups is 1. The zero-order valence-corrected chi connectivity index (χ0v) is 12.4. The highest BCUT2D eigenvalue weighted by Gasteiger charge is 2.25. The molecular formula is C16H19N5O. The number of hydrogen-bond acceptors (Lipinski definition) is 5. The van der Waals surface area contributed by atoms with Crippen molar-refractivity contribution in [1.82, 2.24) is 20.3 Å². The molecule has 1 saturated heterocycles. The maximum Gasteiger partial charge on any atom is 0.225 e. The molecule has 0 unspecified atom stereocenters. The number of carbonyl (C=O) groups excluding carboxylic acids is 1. The highest BCUT2D eigenvalue weighted by atomic mass is 16.1. The Kier molecular flexibility index (Phi) is 4.58. The third kappa shape index (κ3) is 3.58. The second kappa shape index (κ2) is 6.98. The number of nitrogens with zero attached hydrogens (tertiary/aromatic N) is 4. The molecule has 1 N–H and O–H groups in total. The summed E-state index contributed by atoms with van der Waals surface area (Å²) in [6.45, 7) is 2.19. The van der Waals surface area contributed by atoms with E-state index in [1.165, 1.54) is 0 Å². The average molecular weight is 297 g/mol. The molecule has 2 aromatic heterocycles. The lowest BCUT2D eigenvalue weighted by Gasteiger charge is -2.31. The van der Waals surface area contributed by atoms with Crippen molar-refractivity contribution < 1.29 is 4.79 Å². The van der Waals surface area contributed by atoms with Gasteiger partial charge in [0.2, 0.25) is 11.9 Å². The van der Waals surface area contributed by atoms with E-state index in [-0.39, 0.29) is 11.8 Å². The van der Waals surface area contributed by atoms with Crippen LogP contribution in [-0.4, -0.2) is 33.9 Å². The Morgan fingerprint density at radius 2 is 1.82 bits per heavy atom. The molecule has 0 bridgehead atoms. The summed E-state index contributed by atoms with van der Waals surface area (Å²) < 4.78 is 0. The average Bonchev–Trinajstić information content (AvgIpc) is 2.61. The molecule has 114 valence electrons. The van der Waals surface area contributed by atoms with Gasteiger partial charge in [-0.1, -0.05) is 0 Å². The van der Waals surface area contributed by atoms with Crippen molar-refractivity contribution in [2.24, 2.45) is 5.92 Å². The second-order valence-corrected chi connectivity index (χ2v) is 5.38. The maximum atomic E-state index is 12.2. The van der Waals surface area contributed by atoms with Crippen LogP contribution in [0.15, 0.2) is 43.0 Å². The Morgan fingerprint density at radius 3 is 2.50 bits per heavy atom. The van der Waals surface area contributed by atoms with Crippen molar-refractivity contribution in [3.63, 3.8) is 0 Å². The van der Waals surface area contributed by atoms with Crippen molar-refractivity contribution in [3.8, 4) is 0 Å². The lowest BCUT2D eigenvalue weighted by atomic mass is 9.96. The normalized spacial score (nSPS) is 15.5. The van der Waals surface area contributed by atoms with Gasteiger partial charge in [-0.15, -0.1) is 0 Å². The van der Waals surface area contributed by atoms with Crippen LogP contribution in [0.25, 0.3) is 0 Å². The highest BCUT2D eigenvalue weighted by Crippen LogP contribution is 2.20. The van der Waals surface area contributed by atoms with Crippen LogP contribution in [0.1, 0.15) is 18.4 Å². The van der Waals surface area contributed by atoms with Crippen LogP contribution in [-0.2, 0) is 11.3 Å². The molecule has 2 aromatic rings. The molecule has 3 heterocycles. The topological polar surface area (TPSA) is 71.0 Å². The lowest BCUT2D eigenvalue weighted by molar-refractivity contribution is -0.125. The van der Waals surface area contributed by atoms with Crippen LogP contribution in [0.2, 0.25) is 0 Å². The van der Waals surface area contributed by atoms with Gasteiger partial charge < -0.3 is 10.2 Å². The first-order chi connectivity index (χ1) is 10.8. The molecule has 0 aliphatic carbocycles. The van der Waals surface area contributed by atoms with Gasteiger partial charge in [0.1, 0.15) is 0 Å². The number of anilines is 1. The first-order valence-electron chi connectivity index (χ1n) is 7.51. The second-order valence-electron chi connectivity index (χ2n) is 5.38. The summed E-state index contributed by atoms with van der Waals surface area (Å²) in [5, 5.41) is 3.01. The zero-order valence-electron chi connectivity index (χ0n) is 12.4. The first kappa shape index (κ1) is 14.4. The summed E-state index contributed by atoms with van der Waals surface area (Å²) in [5.41, 5.74) is 1.07. The molecule has 6 nitrogen and oxygen atoms in total. The molecule has 3 rings (SSSR count). The Bertz CT molecular complexity index is 596. The summed E-state index contributed by atoms with van der Waals surface area (Å²) in [6.07, 6.45) is 8.63. The molecule has 1 aliphatic heterocycles. The van der Waals surface area contributed by atoms with E-state index in [4.69, 9.17) is 0 Å². The van der Waals surface area contributed by atoms with Gasteiger partial charge in [-0.25, -0.2) is 9.97 Å². The SMILES string of the molecule is O=C(NCc1ccncc1)C1CCN(c2ncccn2)CC1. The van der Waals surface area contributed by atoms with E-state index in [1.807, 2.05) is 18.2 Å². The molecule has 6 heteroatoms. The van der Waals surface area contributed by atoms with Gasteiger partial charge in [-0.2, -0.15) is 0 Å². The number of pyridine rings is 1. The van der Waals surface area contributed by atoms with E-state index in [2.05, 4.69) is 25.2 Å². The van der Waals surface area contributed by atoms with Gasteiger partial charge in [-0.3, -0.25) is 9.78 Å². The van der Waals surface area contributed by atoms with Crippen molar-refractivity contribution in [1.29, 1.82) is 0 Å². The van der Waals surface area contributed by atoms with E-state index in [1.54, 1.807) is 24.8 Å². The smallest absolute Gasteiger partial charge is 0.225 e. The van der Waals surface area contributed by atoms with Crippen LogP contribution >= 0.6 is 0 Å². The minimum Gasteiger partial charge on any atom is -0.352 e. The van der Waals surface area contributed by atoms with E-state index < -0.39 is 0 Å². The van der Waals surface area contributed by atoms with Crippen LogP contribution in [0.3, 0.4) is 0 Å². The fourth-order valence-corrected chi connectivity index (χ4v) is 2.63. The monoisotopic (exact) mass is 297 g/mol. The molecule has 0 spiro atoms. The van der Waals surface area contributed by atoms with Crippen molar-refractivity contribution in [3.05, 3.63) is 48.5 Å². The highest BCUT2D eigenvalue weighted by molar-refractivity contribution is 5.78. The van der Waals surface area contributed by atoms with Gasteiger partial charge in [0.05, 0.1) is 0 Å². The van der Waals surface area contributed by atoms with Gasteiger partial charge in [0.25, 0.3) is 0 Å². The number of aromatic nitrogens is 3. The molecule has 1 fully saturated rings. The summed E-state index contributed by atoms with van der Waals surface area (Å²) in [7, 11) is 0. The van der Waals surface area contributed by atoms with Crippen LogP contribution < -0.4 is 10.2 Å². The maximum absolute atomic E-state index is 12.2. The van der Waals surface area contributed by atoms with E-state index in [9.17, 15) is 4.79 Å². The lowest BCUT2D eigenvalue weighted by Crippen LogP contribution is -2.41. The predicted molar refractivity (Wildman–Crippen MR) is 83.1 cm³/mol. The fraction of sp³-hybridized carbons (Fsp3) is 0.375. The third-order valence-electron chi connectivity index (χ3n) is 3.92. The molecular weight excluding hydrogens is 278 g/mol. The Hall–Kier alpha value is -2.50. The molecule has 0 atom stereocenters. The Labute approximate surface area is 129 Å². The zero-order chi connectivity index (χ0) is 15.2. The molecule has 22 heavy (non-hydrogen) atoms. The largest absolute Gasteiger partial charge is 0.352 e. The Morgan fingerprint density at radius 1 is 1.14 bits per heavy atom. The number of rotatable bonds is 4. The Balaban J connectivity index is 1.48. The van der Waals surface area contributed by atoms with Gasteiger partial charge in [0, 0.05) is 50.3 Å². The minimum atomic E-state index is 0.0711. The van der Waals surface area contributed by atoms with Crippen LogP contribution in [0.4, 0.5) is 5.95 Å². The van der Waals surface area contributed by atoms with Crippen molar-refractivity contribution >= 4 is 11.9 Å². The minimum absolute atomic E-state index is 0.0711. The summed E-state index contributed by atoms with van der Waals surface area (Å²) >= 11 is 0. The first-order valence-corrected chi connectivity index (χ1v) is 7.51. The van der Waals surface area contributed by atoms with E-state index >= 15 is 0 Å². The standard InChI is InChI=1S/C16H19N5O/c22-15(20-12-13-2-8-17-9-3-13)14-4-10-21(11-5-14)16-18-6-1-7-19-16/h1-3,6-9,14H,4-5,10-12H2,(H,20,22). The van der Waals surface area contributed by atoms with E-state index in [0.717, 1.165) is 37.4 Å². The van der Waals surface area contributed by atoms with Gasteiger partial charge in [0.15, 0.2) is 0 Å². The molecule has 0 saturated carbocycles. The summed E-state index contributed by atoms with van der Waals surface area (Å²) in [6, 6.07) is 5.63. The molecule has 1 amide bonds. The fourth-order valence-electron chi connectivity index (χ4n) is 2.63. The molecule has 0 aromatic carbocycles. The summed E-state index contributed by atoms with van der Waals surface area (Å²) in [5.74, 6) is 0.949. The number of hydrogen-bond donors (Lipinski definition) is 1. The molecule has 1 aliphatic rings. The van der Waals surface area contributed by atoms with Gasteiger partial charge in [-0.05, 0) is 36.6 Å². The van der Waals surface area contributed by atoms with Crippen molar-refractivity contribution in [2.75, 3.05) is 18.0 Å². The third-order valence-corrected chi connectivity index (χ3v) is 3.92. The number of amides is 1. The predicted octanol–water partition coefficient (Wildman–Crippen LogP) is 1.40. The molecule has 0 radical (unpaired) electrons. The number of nitrogens with one attached hydrogen (secondary N) is 1. The number of piperidine rings is 1. The van der Waals surface area contributed by atoms with Gasteiger partial charge >= 0.3 is 0 Å².